The topological polar surface area (TPSA) is 61.8 Å². The average molecular weight is 599 g/mol. The summed E-state index contributed by atoms with van der Waals surface area (Å²) < 4.78 is 18.6. The van der Waals surface area contributed by atoms with Crippen molar-refractivity contribution in [2.45, 2.75) is 124 Å². The molecule has 1 saturated carbocycles. The van der Waals surface area contributed by atoms with Gasteiger partial charge in [0.2, 0.25) is 0 Å². The molecule has 0 spiro atoms. The van der Waals surface area contributed by atoms with Crippen LogP contribution < -0.4 is 0 Å². The number of hydrogen-bond donors (Lipinski definition) is 0. The fraction of sp³-hybridized carbons (Fsp3) is 0.722. The number of benzene rings is 1. The molecule has 0 unspecified atom stereocenters. The van der Waals surface area contributed by atoms with Gasteiger partial charge in [-0.1, -0.05) is 96.9 Å². The molecule has 0 radical (unpaired) electrons. The number of fused-ring (bicyclic) bond motifs is 1. The lowest BCUT2D eigenvalue weighted by atomic mass is 9.50. The maximum absolute atomic E-state index is 13.4. The summed E-state index contributed by atoms with van der Waals surface area (Å²) in [6.45, 7) is 20.2. The normalized spacial score (nSPS) is 26.3. The Kier molecular flexibility index (Phi) is 12.6. The third-order valence-electron chi connectivity index (χ3n) is 10.7. The van der Waals surface area contributed by atoms with Crippen molar-refractivity contribution in [1.29, 1.82) is 0 Å². The third kappa shape index (κ3) is 7.30. The molecule has 0 aliphatic heterocycles. The first-order valence-corrected chi connectivity index (χ1v) is 18.7. The van der Waals surface area contributed by atoms with Crippen LogP contribution in [0.2, 0.25) is 16.6 Å². The molecule has 0 N–H and O–H groups in total. The zero-order chi connectivity index (χ0) is 31.0. The van der Waals surface area contributed by atoms with E-state index in [9.17, 15) is 9.59 Å². The Bertz CT molecular complexity index is 1010. The molecular weight excluding hydrogens is 540 g/mol. The average Bonchev–Trinajstić information content (AvgIpc) is 2.95. The largest absolute Gasteiger partial charge is 0.466 e. The van der Waals surface area contributed by atoms with E-state index in [1.54, 1.807) is 0 Å². The number of allylic oxidation sites excluding steroid dienone is 2. The van der Waals surface area contributed by atoms with Crippen LogP contribution in [0.3, 0.4) is 0 Å². The standard InChI is InChI=1S/C36H58O5Si/c1-9-40-34(38)33-19-18-31-32(36(33,26-37)22-24-41-42(27(2)3,28(4)5)29(6)7)17-13-20-35(31,8)21-14-23-39-25-30-15-11-10-12-16-30/h10-12,15-16,18,26-29,32-33H,9,13-14,17,19-25H2,1-8H3/t32-,33+,35-,36-/m1/s1. The summed E-state index contributed by atoms with van der Waals surface area (Å²) in [5.41, 5.74) is 3.18. The number of aldehydes is 1. The van der Waals surface area contributed by atoms with Gasteiger partial charge < -0.3 is 18.7 Å². The van der Waals surface area contributed by atoms with Crippen LogP contribution in [0.4, 0.5) is 0 Å². The molecule has 5 nitrogen and oxygen atoms in total. The van der Waals surface area contributed by atoms with E-state index in [0.717, 1.165) is 38.4 Å². The maximum Gasteiger partial charge on any atom is 0.310 e. The van der Waals surface area contributed by atoms with Crippen molar-refractivity contribution in [1.82, 2.24) is 0 Å². The molecule has 2 aliphatic carbocycles. The van der Waals surface area contributed by atoms with E-state index < -0.39 is 19.7 Å². The zero-order valence-corrected chi connectivity index (χ0v) is 28.7. The summed E-state index contributed by atoms with van der Waals surface area (Å²) in [7, 11) is -2.10. The molecule has 1 aromatic rings. The molecule has 6 heteroatoms. The molecule has 0 aromatic heterocycles. The lowest BCUT2D eigenvalue weighted by Crippen LogP contribution is -2.52. The molecular formula is C36H58O5Si. The Morgan fingerprint density at radius 3 is 2.29 bits per heavy atom. The predicted molar refractivity (Wildman–Crippen MR) is 174 cm³/mol. The van der Waals surface area contributed by atoms with Crippen LogP contribution in [0.15, 0.2) is 42.0 Å². The SMILES string of the molecule is CCOC(=O)[C@@H]1CC=C2[C@@H](CCC[C@]2(C)CCCOCc2ccccc2)[C@]1(C=O)CCO[Si](C(C)C)(C(C)C)C(C)C. The Morgan fingerprint density at radius 2 is 1.69 bits per heavy atom. The van der Waals surface area contributed by atoms with Gasteiger partial charge in [-0.15, -0.1) is 0 Å². The summed E-state index contributed by atoms with van der Waals surface area (Å²) in [5, 5.41) is 0. The van der Waals surface area contributed by atoms with Crippen molar-refractivity contribution in [2.24, 2.45) is 22.7 Å². The lowest BCUT2D eigenvalue weighted by molar-refractivity contribution is -0.159. The van der Waals surface area contributed by atoms with Gasteiger partial charge in [-0.2, -0.15) is 0 Å². The predicted octanol–water partition coefficient (Wildman–Crippen LogP) is 9.07. The third-order valence-corrected chi connectivity index (χ3v) is 16.8. The highest BCUT2D eigenvalue weighted by Gasteiger charge is 2.56. The van der Waals surface area contributed by atoms with Gasteiger partial charge in [0.15, 0.2) is 8.32 Å². The first-order valence-electron chi connectivity index (χ1n) is 16.6. The van der Waals surface area contributed by atoms with E-state index in [1.807, 2.05) is 25.1 Å². The first kappa shape index (κ1) is 34.7. The van der Waals surface area contributed by atoms with Crippen LogP contribution in [-0.2, 0) is 30.1 Å². The van der Waals surface area contributed by atoms with E-state index in [1.165, 1.54) is 11.1 Å². The van der Waals surface area contributed by atoms with E-state index in [0.29, 0.717) is 55.9 Å². The van der Waals surface area contributed by atoms with Gasteiger partial charge in [-0.25, -0.2) is 0 Å². The van der Waals surface area contributed by atoms with E-state index in [4.69, 9.17) is 13.9 Å². The molecule has 4 atom stereocenters. The van der Waals surface area contributed by atoms with Crippen LogP contribution in [0, 0.1) is 22.7 Å². The first-order chi connectivity index (χ1) is 20.0. The highest BCUT2D eigenvalue weighted by Crippen LogP contribution is 2.59. The molecule has 1 fully saturated rings. The maximum atomic E-state index is 13.4. The number of carbonyl (C=O) groups is 2. The Labute approximate surface area is 257 Å². The van der Waals surface area contributed by atoms with Gasteiger partial charge in [0.1, 0.15) is 6.29 Å². The zero-order valence-electron chi connectivity index (χ0n) is 27.7. The smallest absolute Gasteiger partial charge is 0.310 e. The number of ether oxygens (including phenoxy) is 2. The summed E-state index contributed by atoms with van der Waals surface area (Å²) in [6, 6.07) is 10.3. The second kappa shape index (κ2) is 15.3. The number of hydrogen-bond acceptors (Lipinski definition) is 5. The summed E-state index contributed by atoms with van der Waals surface area (Å²) in [5.74, 6) is -0.655. The monoisotopic (exact) mass is 598 g/mol. The molecule has 42 heavy (non-hydrogen) atoms. The van der Waals surface area contributed by atoms with E-state index >= 15 is 0 Å². The van der Waals surface area contributed by atoms with Crippen LogP contribution >= 0.6 is 0 Å². The molecule has 3 rings (SSSR count). The fourth-order valence-electron chi connectivity index (χ4n) is 8.70. The van der Waals surface area contributed by atoms with Crippen molar-refractivity contribution in [3.05, 3.63) is 47.5 Å². The van der Waals surface area contributed by atoms with Gasteiger partial charge in [-0.05, 0) is 79.0 Å². The minimum atomic E-state index is -2.10. The summed E-state index contributed by atoms with van der Waals surface area (Å²) >= 11 is 0. The number of carbonyl (C=O) groups excluding carboxylic acids is 2. The molecule has 0 saturated heterocycles. The summed E-state index contributed by atoms with van der Waals surface area (Å²) in [4.78, 5) is 26.8. The minimum Gasteiger partial charge on any atom is -0.466 e. The highest BCUT2D eigenvalue weighted by molar-refractivity contribution is 6.77. The number of esters is 1. The Balaban J connectivity index is 1.82. The second-order valence-electron chi connectivity index (χ2n) is 14.0. The summed E-state index contributed by atoms with van der Waals surface area (Å²) in [6.07, 6.45) is 9.64. The highest BCUT2D eigenvalue weighted by atomic mass is 28.4. The Hall–Kier alpha value is -1.76. The van der Waals surface area contributed by atoms with E-state index in [-0.39, 0.29) is 17.3 Å². The molecule has 0 heterocycles. The molecule has 1 aromatic carbocycles. The number of rotatable bonds is 16. The van der Waals surface area contributed by atoms with Gasteiger partial charge in [0.25, 0.3) is 0 Å². The van der Waals surface area contributed by atoms with Crippen LogP contribution in [0.1, 0.15) is 106 Å². The van der Waals surface area contributed by atoms with Crippen molar-refractivity contribution < 1.29 is 23.5 Å². The van der Waals surface area contributed by atoms with Crippen molar-refractivity contribution in [2.75, 3.05) is 19.8 Å². The lowest BCUT2D eigenvalue weighted by Gasteiger charge is -2.53. The molecule has 236 valence electrons. The van der Waals surface area contributed by atoms with Crippen molar-refractivity contribution in [3.8, 4) is 0 Å². The minimum absolute atomic E-state index is 0.0000772. The Morgan fingerprint density at radius 1 is 1.02 bits per heavy atom. The van der Waals surface area contributed by atoms with E-state index in [2.05, 4.69) is 66.7 Å². The van der Waals surface area contributed by atoms with Crippen molar-refractivity contribution >= 4 is 20.6 Å². The van der Waals surface area contributed by atoms with Crippen LogP contribution in [0.25, 0.3) is 0 Å². The van der Waals surface area contributed by atoms with Crippen molar-refractivity contribution in [3.63, 3.8) is 0 Å². The van der Waals surface area contributed by atoms with Gasteiger partial charge in [0, 0.05) is 18.6 Å². The fourth-order valence-corrected chi connectivity index (χ4v) is 14.2. The molecule has 0 bridgehead atoms. The quantitative estimate of drug-likeness (QED) is 0.0624. The second-order valence-corrected chi connectivity index (χ2v) is 19.5. The van der Waals surface area contributed by atoms with Gasteiger partial charge >= 0.3 is 5.97 Å². The molecule has 0 amide bonds. The van der Waals surface area contributed by atoms with Crippen LogP contribution in [-0.4, -0.2) is 40.4 Å². The van der Waals surface area contributed by atoms with Crippen LogP contribution in [0.5, 0.6) is 0 Å². The van der Waals surface area contributed by atoms with Gasteiger partial charge in [0.05, 0.1) is 19.1 Å². The van der Waals surface area contributed by atoms with Gasteiger partial charge in [-0.3, -0.25) is 4.79 Å². The molecule has 2 aliphatic rings.